The van der Waals surface area contributed by atoms with Crippen LogP contribution in [0.25, 0.3) is 0 Å². The molecule has 0 radical (unpaired) electrons. The molecule has 2 aromatic carbocycles. The zero-order chi connectivity index (χ0) is 14.7. The van der Waals surface area contributed by atoms with Crippen molar-refractivity contribution >= 4 is 34.5 Å². The van der Waals surface area contributed by atoms with Gasteiger partial charge in [-0.05, 0) is 49.2 Å². The fraction of sp³-hybridized carbons (Fsp3) is 0.188. The lowest BCUT2D eigenvalue weighted by molar-refractivity contribution is 0.885. The van der Waals surface area contributed by atoms with Gasteiger partial charge in [0.15, 0.2) is 0 Å². The number of rotatable bonds is 4. The molecule has 2 rings (SSSR count). The van der Waals surface area contributed by atoms with Crippen LogP contribution in [-0.2, 0) is 0 Å². The van der Waals surface area contributed by atoms with E-state index in [1.165, 1.54) is 0 Å². The second-order valence-electron chi connectivity index (χ2n) is 4.78. The Morgan fingerprint density at radius 3 is 2.55 bits per heavy atom. The second kappa shape index (κ2) is 6.25. The summed E-state index contributed by atoms with van der Waals surface area (Å²) in [4.78, 5) is 0.424. The highest BCUT2D eigenvalue weighted by atomic mass is 35.5. The van der Waals surface area contributed by atoms with Crippen molar-refractivity contribution in [2.75, 3.05) is 5.32 Å². The Labute approximate surface area is 130 Å². The molecular weight excluding hydrogens is 288 g/mol. The van der Waals surface area contributed by atoms with E-state index < -0.39 is 0 Å². The molecule has 0 aliphatic rings. The molecule has 0 bridgehead atoms. The minimum Gasteiger partial charge on any atom is -0.389 e. The lowest BCUT2D eigenvalue weighted by Crippen LogP contribution is -2.12. The van der Waals surface area contributed by atoms with E-state index in [2.05, 4.69) is 12.2 Å². The molecule has 1 unspecified atom stereocenters. The number of aryl methyl sites for hydroxylation is 1. The minimum atomic E-state index is 0.124. The monoisotopic (exact) mass is 304 g/mol. The van der Waals surface area contributed by atoms with Crippen LogP contribution in [0.4, 0.5) is 5.69 Å². The molecule has 0 heterocycles. The van der Waals surface area contributed by atoms with Crippen molar-refractivity contribution in [1.29, 1.82) is 0 Å². The van der Waals surface area contributed by atoms with Crippen molar-refractivity contribution in [3.05, 3.63) is 64.2 Å². The number of hydrogen-bond acceptors (Lipinski definition) is 2. The number of benzene rings is 2. The first-order valence-electron chi connectivity index (χ1n) is 6.40. The lowest BCUT2D eigenvalue weighted by Gasteiger charge is -2.18. The Morgan fingerprint density at radius 1 is 1.25 bits per heavy atom. The van der Waals surface area contributed by atoms with Crippen LogP contribution in [0.3, 0.4) is 0 Å². The standard InChI is InChI=1S/C16H17ClN2S/c1-10-9-12(7-8-13(10)16(18)20)19-11(2)14-5-3-4-6-15(14)17/h3-9,11,19H,1-2H3,(H2,18,20). The molecule has 2 nitrogen and oxygen atoms in total. The lowest BCUT2D eigenvalue weighted by atomic mass is 10.1. The minimum absolute atomic E-state index is 0.124. The van der Waals surface area contributed by atoms with E-state index in [-0.39, 0.29) is 6.04 Å². The summed E-state index contributed by atoms with van der Waals surface area (Å²) in [5, 5.41) is 4.21. The summed E-state index contributed by atoms with van der Waals surface area (Å²) in [6, 6.07) is 13.9. The molecule has 0 aliphatic heterocycles. The zero-order valence-corrected chi connectivity index (χ0v) is 13.1. The van der Waals surface area contributed by atoms with Crippen molar-refractivity contribution in [3.8, 4) is 0 Å². The van der Waals surface area contributed by atoms with Crippen LogP contribution in [0.1, 0.15) is 29.7 Å². The van der Waals surface area contributed by atoms with Gasteiger partial charge in [-0.1, -0.05) is 42.0 Å². The highest BCUT2D eigenvalue weighted by Gasteiger charge is 2.10. The Bertz CT molecular complexity index is 640. The van der Waals surface area contributed by atoms with Gasteiger partial charge in [-0.2, -0.15) is 0 Å². The van der Waals surface area contributed by atoms with Gasteiger partial charge < -0.3 is 11.1 Å². The van der Waals surface area contributed by atoms with Crippen molar-refractivity contribution in [2.45, 2.75) is 19.9 Å². The summed E-state index contributed by atoms with van der Waals surface area (Å²) in [5.41, 5.74) is 9.74. The van der Waals surface area contributed by atoms with Gasteiger partial charge in [0.25, 0.3) is 0 Å². The maximum Gasteiger partial charge on any atom is 0.104 e. The maximum atomic E-state index is 6.21. The van der Waals surface area contributed by atoms with Crippen LogP contribution in [-0.4, -0.2) is 4.99 Å². The molecule has 0 amide bonds. The molecule has 4 heteroatoms. The Hall–Kier alpha value is -1.58. The van der Waals surface area contributed by atoms with Crippen LogP contribution >= 0.6 is 23.8 Å². The van der Waals surface area contributed by atoms with E-state index in [0.29, 0.717) is 4.99 Å². The third-order valence-corrected chi connectivity index (χ3v) is 3.81. The van der Waals surface area contributed by atoms with Gasteiger partial charge in [-0.25, -0.2) is 0 Å². The molecule has 1 atom stereocenters. The van der Waals surface area contributed by atoms with Crippen molar-refractivity contribution in [2.24, 2.45) is 5.73 Å². The predicted octanol–water partition coefficient (Wildman–Crippen LogP) is 4.46. The summed E-state index contributed by atoms with van der Waals surface area (Å²) >= 11 is 11.2. The normalized spacial score (nSPS) is 11.9. The van der Waals surface area contributed by atoms with Gasteiger partial charge in [0.05, 0.1) is 0 Å². The van der Waals surface area contributed by atoms with Crippen LogP contribution in [0.15, 0.2) is 42.5 Å². The highest BCUT2D eigenvalue weighted by molar-refractivity contribution is 7.80. The molecule has 20 heavy (non-hydrogen) atoms. The van der Waals surface area contributed by atoms with Gasteiger partial charge in [0, 0.05) is 22.3 Å². The van der Waals surface area contributed by atoms with E-state index in [0.717, 1.165) is 27.4 Å². The quantitative estimate of drug-likeness (QED) is 0.819. The summed E-state index contributed by atoms with van der Waals surface area (Å²) in [6.45, 7) is 4.08. The first-order chi connectivity index (χ1) is 9.49. The molecular formula is C16H17ClN2S. The molecule has 104 valence electrons. The van der Waals surface area contributed by atoms with Crippen LogP contribution in [0, 0.1) is 6.92 Å². The topological polar surface area (TPSA) is 38.0 Å². The van der Waals surface area contributed by atoms with Gasteiger partial charge in [-0.3, -0.25) is 0 Å². The molecule has 0 fully saturated rings. The maximum absolute atomic E-state index is 6.21. The third kappa shape index (κ3) is 3.30. The fourth-order valence-corrected chi connectivity index (χ4v) is 2.71. The van der Waals surface area contributed by atoms with Gasteiger partial charge in [-0.15, -0.1) is 0 Å². The zero-order valence-electron chi connectivity index (χ0n) is 11.5. The number of thiocarbonyl (C=S) groups is 1. The van der Waals surface area contributed by atoms with Crippen molar-refractivity contribution < 1.29 is 0 Å². The number of halogens is 1. The Balaban J connectivity index is 2.20. The van der Waals surface area contributed by atoms with Gasteiger partial charge in [0.1, 0.15) is 4.99 Å². The fourth-order valence-electron chi connectivity index (χ4n) is 2.18. The molecule has 2 aromatic rings. The van der Waals surface area contributed by atoms with E-state index in [9.17, 15) is 0 Å². The second-order valence-corrected chi connectivity index (χ2v) is 5.63. The van der Waals surface area contributed by atoms with Crippen LogP contribution in [0.5, 0.6) is 0 Å². The highest BCUT2D eigenvalue weighted by Crippen LogP contribution is 2.26. The van der Waals surface area contributed by atoms with E-state index in [4.69, 9.17) is 29.6 Å². The largest absolute Gasteiger partial charge is 0.389 e. The number of hydrogen-bond donors (Lipinski definition) is 2. The first-order valence-corrected chi connectivity index (χ1v) is 7.19. The predicted molar refractivity (Wildman–Crippen MR) is 90.6 cm³/mol. The Kier molecular flexibility index (Phi) is 4.63. The average molecular weight is 305 g/mol. The number of nitrogens with one attached hydrogen (secondary N) is 1. The molecule has 0 spiro atoms. The van der Waals surface area contributed by atoms with Crippen molar-refractivity contribution in [1.82, 2.24) is 0 Å². The Morgan fingerprint density at radius 2 is 1.95 bits per heavy atom. The van der Waals surface area contributed by atoms with Crippen molar-refractivity contribution in [3.63, 3.8) is 0 Å². The average Bonchev–Trinajstić information content (AvgIpc) is 2.38. The third-order valence-electron chi connectivity index (χ3n) is 3.25. The SMILES string of the molecule is Cc1cc(NC(C)c2ccccc2Cl)ccc1C(N)=S. The molecule has 0 saturated heterocycles. The van der Waals surface area contributed by atoms with E-state index in [1.54, 1.807) is 0 Å². The number of nitrogens with two attached hydrogens (primary N) is 1. The molecule has 0 aliphatic carbocycles. The first kappa shape index (κ1) is 14.8. The number of anilines is 1. The summed E-state index contributed by atoms with van der Waals surface area (Å²) in [5.74, 6) is 0. The molecule has 0 aromatic heterocycles. The smallest absolute Gasteiger partial charge is 0.104 e. The molecule has 3 N–H and O–H groups in total. The summed E-state index contributed by atoms with van der Waals surface area (Å²) < 4.78 is 0. The van der Waals surface area contributed by atoms with E-state index >= 15 is 0 Å². The summed E-state index contributed by atoms with van der Waals surface area (Å²) in [7, 11) is 0. The van der Waals surface area contributed by atoms with E-state index in [1.807, 2.05) is 49.4 Å². The van der Waals surface area contributed by atoms with Gasteiger partial charge in [0.2, 0.25) is 0 Å². The molecule has 0 saturated carbocycles. The van der Waals surface area contributed by atoms with Crippen LogP contribution < -0.4 is 11.1 Å². The van der Waals surface area contributed by atoms with Gasteiger partial charge >= 0.3 is 0 Å². The summed E-state index contributed by atoms with van der Waals surface area (Å²) in [6.07, 6.45) is 0. The van der Waals surface area contributed by atoms with Crippen LogP contribution in [0.2, 0.25) is 5.02 Å².